The summed E-state index contributed by atoms with van der Waals surface area (Å²) in [5.74, 6) is 0.381. The Hall–Kier alpha value is -1.26. The summed E-state index contributed by atoms with van der Waals surface area (Å²) >= 11 is 6.21. The number of hydrogen-bond donors (Lipinski definition) is 2. The van der Waals surface area contributed by atoms with Gasteiger partial charge in [0.25, 0.3) is 0 Å². The Morgan fingerprint density at radius 2 is 2.20 bits per heavy atom. The number of nitrogens with one attached hydrogen (secondary N) is 2. The number of benzene rings is 1. The van der Waals surface area contributed by atoms with Crippen LogP contribution in [0.5, 0.6) is 0 Å². The van der Waals surface area contributed by atoms with Gasteiger partial charge in [-0.1, -0.05) is 18.5 Å². The van der Waals surface area contributed by atoms with Gasteiger partial charge < -0.3 is 15.5 Å². The van der Waals surface area contributed by atoms with Crippen molar-refractivity contribution in [2.45, 2.75) is 25.8 Å². The van der Waals surface area contributed by atoms with Crippen molar-refractivity contribution in [2.24, 2.45) is 5.92 Å². The molecule has 5 heteroatoms. The summed E-state index contributed by atoms with van der Waals surface area (Å²) in [6.07, 6.45) is 2.22. The molecule has 1 aliphatic heterocycles. The number of hydrogen-bond acceptors (Lipinski definition) is 3. The van der Waals surface area contributed by atoms with E-state index >= 15 is 0 Å². The molecule has 1 fully saturated rings. The van der Waals surface area contributed by atoms with Gasteiger partial charge in [0.1, 0.15) is 0 Å². The first-order valence-electron chi connectivity index (χ1n) is 7.00. The van der Waals surface area contributed by atoms with Gasteiger partial charge in [0.2, 0.25) is 5.91 Å². The van der Waals surface area contributed by atoms with E-state index < -0.39 is 0 Å². The number of carbonyl (C=O) groups excluding carboxylic acids is 1. The number of piperidine rings is 1. The van der Waals surface area contributed by atoms with E-state index in [1.807, 2.05) is 31.1 Å². The molecule has 2 atom stereocenters. The van der Waals surface area contributed by atoms with Gasteiger partial charge in [-0.2, -0.15) is 0 Å². The zero-order chi connectivity index (χ0) is 14.7. The Kier molecular flexibility index (Phi) is 4.89. The molecule has 0 radical (unpaired) electrons. The predicted octanol–water partition coefficient (Wildman–Crippen LogP) is 2.73. The smallest absolute Gasteiger partial charge is 0.241 e. The topological polar surface area (TPSA) is 44.4 Å². The van der Waals surface area contributed by atoms with Crippen molar-refractivity contribution < 1.29 is 4.79 Å². The van der Waals surface area contributed by atoms with Gasteiger partial charge >= 0.3 is 0 Å². The van der Waals surface area contributed by atoms with Crippen LogP contribution >= 0.6 is 11.6 Å². The molecule has 1 aliphatic rings. The van der Waals surface area contributed by atoms with Crippen molar-refractivity contribution in [1.82, 2.24) is 5.32 Å². The number of rotatable bonds is 3. The maximum absolute atomic E-state index is 12.3. The minimum atomic E-state index is -0.115. The van der Waals surface area contributed by atoms with Gasteiger partial charge in [0, 0.05) is 19.8 Å². The number of halogens is 1. The highest BCUT2D eigenvalue weighted by atomic mass is 35.5. The molecule has 2 N–H and O–H groups in total. The number of amides is 1. The van der Waals surface area contributed by atoms with Crippen LogP contribution in [-0.2, 0) is 4.79 Å². The summed E-state index contributed by atoms with van der Waals surface area (Å²) in [5.41, 5.74) is 1.68. The van der Waals surface area contributed by atoms with E-state index in [4.69, 9.17) is 11.6 Å². The van der Waals surface area contributed by atoms with Crippen LogP contribution in [0.1, 0.15) is 19.8 Å². The molecule has 1 saturated heterocycles. The molecule has 0 spiro atoms. The molecule has 0 saturated carbocycles. The van der Waals surface area contributed by atoms with Crippen LogP contribution in [0.25, 0.3) is 0 Å². The van der Waals surface area contributed by atoms with E-state index in [0.717, 1.165) is 30.8 Å². The van der Waals surface area contributed by atoms with Crippen LogP contribution in [-0.4, -0.2) is 32.6 Å². The number of carbonyl (C=O) groups is 1. The molecule has 20 heavy (non-hydrogen) atoms. The lowest BCUT2D eigenvalue weighted by Crippen LogP contribution is -2.48. The molecule has 2 unspecified atom stereocenters. The molecule has 0 bridgehead atoms. The van der Waals surface area contributed by atoms with E-state index in [-0.39, 0.29) is 11.9 Å². The van der Waals surface area contributed by atoms with E-state index in [1.165, 1.54) is 0 Å². The maximum Gasteiger partial charge on any atom is 0.241 e. The summed E-state index contributed by atoms with van der Waals surface area (Å²) in [6.45, 7) is 3.02. The maximum atomic E-state index is 12.3. The van der Waals surface area contributed by atoms with Crippen molar-refractivity contribution in [3.05, 3.63) is 23.2 Å². The van der Waals surface area contributed by atoms with Crippen LogP contribution in [0.3, 0.4) is 0 Å². The molecule has 0 aromatic heterocycles. The van der Waals surface area contributed by atoms with Crippen molar-refractivity contribution in [3.63, 3.8) is 0 Å². The molecule has 1 aromatic carbocycles. The Labute approximate surface area is 125 Å². The molecule has 2 rings (SSSR count). The van der Waals surface area contributed by atoms with Gasteiger partial charge in [0.15, 0.2) is 0 Å². The third-order valence-electron chi connectivity index (χ3n) is 3.75. The number of anilines is 2. The summed E-state index contributed by atoms with van der Waals surface area (Å²) in [4.78, 5) is 14.2. The second-order valence-electron chi connectivity index (χ2n) is 5.60. The fourth-order valence-electron chi connectivity index (χ4n) is 2.57. The fraction of sp³-hybridized carbons (Fsp3) is 0.533. The highest BCUT2D eigenvalue weighted by Gasteiger charge is 2.27. The second kappa shape index (κ2) is 6.46. The van der Waals surface area contributed by atoms with Crippen LogP contribution in [0.15, 0.2) is 18.2 Å². The molecule has 4 nitrogen and oxygen atoms in total. The van der Waals surface area contributed by atoms with Gasteiger partial charge in [0.05, 0.1) is 16.8 Å². The highest BCUT2D eigenvalue weighted by molar-refractivity contribution is 6.33. The second-order valence-corrected chi connectivity index (χ2v) is 6.01. The van der Waals surface area contributed by atoms with Crippen LogP contribution in [0, 0.1) is 5.92 Å². The third kappa shape index (κ3) is 3.44. The van der Waals surface area contributed by atoms with Crippen molar-refractivity contribution >= 4 is 28.9 Å². The molecular formula is C15H22ClN3O. The van der Waals surface area contributed by atoms with Gasteiger partial charge in [-0.15, -0.1) is 0 Å². The van der Waals surface area contributed by atoms with Crippen LogP contribution in [0.2, 0.25) is 5.02 Å². The van der Waals surface area contributed by atoms with Crippen molar-refractivity contribution in [2.75, 3.05) is 30.9 Å². The zero-order valence-electron chi connectivity index (χ0n) is 12.2. The molecule has 0 aliphatic carbocycles. The number of nitrogens with zero attached hydrogens (tertiary/aromatic N) is 1. The lowest BCUT2D eigenvalue weighted by molar-refractivity contribution is -0.119. The third-order valence-corrected chi connectivity index (χ3v) is 4.05. The minimum absolute atomic E-state index is 0.0193. The van der Waals surface area contributed by atoms with Gasteiger partial charge in [-0.25, -0.2) is 0 Å². The van der Waals surface area contributed by atoms with Gasteiger partial charge in [-0.3, -0.25) is 4.79 Å². The summed E-state index contributed by atoms with van der Waals surface area (Å²) in [7, 11) is 3.88. The van der Waals surface area contributed by atoms with Crippen molar-refractivity contribution in [3.8, 4) is 0 Å². The van der Waals surface area contributed by atoms with E-state index in [9.17, 15) is 4.79 Å². The normalized spacial score (nSPS) is 22.4. The summed E-state index contributed by atoms with van der Waals surface area (Å²) < 4.78 is 0. The quantitative estimate of drug-likeness (QED) is 0.901. The van der Waals surface area contributed by atoms with E-state index in [0.29, 0.717) is 10.9 Å². The largest absolute Gasteiger partial charge is 0.376 e. The van der Waals surface area contributed by atoms with Crippen LogP contribution in [0.4, 0.5) is 11.4 Å². The van der Waals surface area contributed by atoms with E-state index in [1.54, 1.807) is 6.07 Å². The fourth-order valence-corrected chi connectivity index (χ4v) is 2.92. The molecule has 1 heterocycles. The van der Waals surface area contributed by atoms with E-state index in [2.05, 4.69) is 17.6 Å². The molecule has 1 amide bonds. The molecule has 1 aromatic rings. The Morgan fingerprint density at radius 3 is 2.80 bits per heavy atom. The monoisotopic (exact) mass is 295 g/mol. The molecular weight excluding hydrogens is 274 g/mol. The highest BCUT2D eigenvalue weighted by Crippen LogP contribution is 2.27. The van der Waals surface area contributed by atoms with Gasteiger partial charge in [-0.05, 0) is 43.5 Å². The average molecular weight is 296 g/mol. The average Bonchev–Trinajstić information content (AvgIpc) is 2.38. The van der Waals surface area contributed by atoms with Crippen LogP contribution < -0.4 is 15.5 Å². The SMILES string of the molecule is CC1CCCNC1C(=O)Nc1ccc(N(C)C)c(Cl)c1. The Morgan fingerprint density at radius 1 is 1.45 bits per heavy atom. The first kappa shape index (κ1) is 15.1. The lowest BCUT2D eigenvalue weighted by atomic mass is 9.92. The molecule has 110 valence electrons. The first-order valence-corrected chi connectivity index (χ1v) is 7.38. The summed E-state index contributed by atoms with van der Waals surface area (Å²) in [6, 6.07) is 5.47. The standard InChI is InChI=1S/C15H22ClN3O/c1-10-5-4-8-17-14(10)15(20)18-11-6-7-13(19(2)3)12(16)9-11/h6-7,9-10,14,17H,4-5,8H2,1-3H3,(H,18,20). The Balaban J connectivity index is 2.06. The summed E-state index contributed by atoms with van der Waals surface area (Å²) in [5, 5.41) is 6.86. The van der Waals surface area contributed by atoms with Crippen molar-refractivity contribution in [1.29, 1.82) is 0 Å². The minimum Gasteiger partial charge on any atom is -0.376 e. The lowest BCUT2D eigenvalue weighted by Gasteiger charge is -2.29. The zero-order valence-corrected chi connectivity index (χ0v) is 13.0. The Bertz CT molecular complexity index is 490. The first-order chi connectivity index (χ1) is 9.49. The predicted molar refractivity (Wildman–Crippen MR) is 84.6 cm³/mol.